The third kappa shape index (κ3) is 5.92. The summed E-state index contributed by atoms with van der Waals surface area (Å²) in [6, 6.07) is 19.5. The van der Waals surface area contributed by atoms with Crippen LogP contribution in [0.3, 0.4) is 0 Å². The fourth-order valence-electron chi connectivity index (χ4n) is 2.69. The van der Waals surface area contributed by atoms with Crippen LogP contribution in [-0.4, -0.2) is 20.4 Å². The molecular weight excluding hydrogens is 461 g/mol. The van der Waals surface area contributed by atoms with Gasteiger partial charge in [-0.25, -0.2) is 8.42 Å². The summed E-state index contributed by atoms with van der Waals surface area (Å²) in [4.78, 5) is 0.767. The van der Waals surface area contributed by atoms with E-state index in [1.165, 1.54) is 17.7 Å². The Morgan fingerprint density at radius 1 is 1.03 bits per heavy atom. The number of nitrogens with two attached hydrogens (primary N) is 1. The number of aryl methyl sites for hydroxylation is 1. The predicted octanol–water partition coefficient (Wildman–Crippen LogP) is 5.42. The van der Waals surface area contributed by atoms with Crippen LogP contribution >= 0.6 is 35.0 Å². The van der Waals surface area contributed by atoms with Crippen LogP contribution in [0.4, 0.5) is 5.69 Å². The molecule has 0 radical (unpaired) electrons. The quantitative estimate of drug-likeness (QED) is 0.195. The lowest BCUT2D eigenvalue weighted by Crippen LogP contribution is -2.14. The van der Waals surface area contributed by atoms with Gasteiger partial charge in [-0.2, -0.15) is 5.10 Å². The third-order valence-corrected chi connectivity index (χ3v) is 7.32. The van der Waals surface area contributed by atoms with Crippen LogP contribution < -0.4 is 10.6 Å². The zero-order valence-corrected chi connectivity index (χ0v) is 18.9. The second-order valence-corrected chi connectivity index (χ2v) is 9.93. The smallest absolute Gasteiger partial charge is 0.263 e. The molecule has 0 amide bonds. The Hall–Kier alpha value is -2.19. The van der Waals surface area contributed by atoms with Crippen molar-refractivity contribution in [3.05, 3.63) is 87.9 Å². The summed E-state index contributed by atoms with van der Waals surface area (Å²) in [5.74, 6) is 5.94. The van der Waals surface area contributed by atoms with Crippen molar-refractivity contribution in [2.45, 2.75) is 16.2 Å². The molecule has 0 bridgehead atoms. The van der Waals surface area contributed by atoms with Crippen LogP contribution in [-0.2, 0) is 16.4 Å². The topological polar surface area (TPSA) is 84.5 Å². The Balaban J connectivity index is 1.70. The average molecular weight is 480 g/mol. The van der Waals surface area contributed by atoms with E-state index < -0.39 is 10.0 Å². The Labute approximate surface area is 190 Å². The maximum atomic E-state index is 12.8. The molecule has 0 aliphatic rings. The van der Waals surface area contributed by atoms with Crippen LogP contribution in [0.25, 0.3) is 0 Å². The minimum Gasteiger partial charge on any atom is -0.323 e. The summed E-state index contributed by atoms with van der Waals surface area (Å²) in [5, 5.41) is 3.92. The first-order chi connectivity index (χ1) is 14.4. The van der Waals surface area contributed by atoms with Gasteiger partial charge in [-0.1, -0.05) is 59.6 Å². The van der Waals surface area contributed by atoms with E-state index in [1.807, 2.05) is 36.4 Å². The number of rotatable bonds is 8. The predicted molar refractivity (Wildman–Crippen MR) is 126 cm³/mol. The van der Waals surface area contributed by atoms with E-state index >= 15 is 0 Å². The summed E-state index contributed by atoms with van der Waals surface area (Å²) < 4.78 is 28.3. The van der Waals surface area contributed by atoms with E-state index in [4.69, 9.17) is 29.0 Å². The van der Waals surface area contributed by atoms with E-state index in [2.05, 4.69) is 9.82 Å². The van der Waals surface area contributed by atoms with Crippen molar-refractivity contribution in [3.8, 4) is 0 Å². The van der Waals surface area contributed by atoms with Gasteiger partial charge in [0.15, 0.2) is 0 Å². The van der Waals surface area contributed by atoms with Gasteiger partial charge < -0.3 is 5.84 Å². The van der Waals surface area contributed by atoms with Crippen molar-refractivity contribution in [2.24, 2.45) is 10.9 Å². The average Bonchev–Trinajstić information content (AvgIpc) is 2.72. The van der Waals surface area contributed by atoms with Gasteiger partial charge in [0.1, 0.15) is 4.90 Å². The van der Waals surface area contributed by atoms with Crippen LogP contribution in [0.15, 0.2) is 81.6 Å². The molecule has 0 unspecified atom stereocenters. The minimum atomic E-state index is -3.88. The molecule has 3 N–H and O–H groups in total. The number of hydrogen-bond donors (Lipinski definition) is 2. The zero-order chi connectivity index (χ0) is 21.6. The maximum absolute atomic E-state index is 12.8. The SMILES string of the molecule is NN=Cc1ccc(CCSc2ccccc2NS(=O)(=O)c2cc(Cl)ccc2Cl)cc1. The zero-order valence-electron chi connectivity index (χ0n) is 15.8. The van der Waals surface area contributed by atoms with Crippen molar-refractivity contribution in [3.63, 3.8) is 0 Å². The highest BCUT2D eigenvalue weighted by molar-refractivity contribution is 7.99. The Morgan fingerprint density at radius 3 is 2.50 bits per heavy atom. The molecule has 3 aromatic rings. The molecule has 0 heterocycles. The standard InChI is InChI=1S/C21H19Cl2N3O2S2/c22-17-9-10-18(23)21(13-17)30(27,28)26-19-3-1-2-4-20(19)29-12-11-15-5-7-16(8-6-15)14-25-24/h1-10,13-14,26H,11-12,24H2. The number of benzene rings is 3. The normalized spacial score (nSPS) is 11.7. The molecule has 0 aromatic heterocycles. The van der Waals surface area contributed by atoms with E-state index in [0.717, 1.165) is 22.6 Å². The lowest BCUT2D eigenvalue weighted by atomic mass is 10.1. The fraction of sp³-hybridized carbons (Fsp3) is 0.0952. The molecule has 156 valence electrons. The maximum Gasteiger partial charge on any atom is 0.263 e. The molecule has 30 heavy (non-hydrogen) atoms. The summed E-state index contributed by atoms with van der Waals surface area (Å²) in [5.41, 5.74) is 2.60. The molecular formula is C21H19Cl2N3O2S2. The van der Waals surface area contributed by atoms with Crippen molar-refractivity contribution in [1.29, 1.82) is 0 Å². The second kappa shape index (κ2) is 10.2. The minimum absolute atomic E-state index is 0.0578. The van der Waals surface area contributed by atoms with Gasteiger partial charge in [0, 0.05) is 15.7 Å². The second-order valence-electron chi connectivity index (χ2n) is 6.29. The number of nitrogens with zero attached hydrogens (tertiary/aromatic N) is 1. The summed E-state index contributed by atoms with van der Waals surface area (Å²) in [6.45, 7) is 0. The number of nitrogens with one attached hydrogen (secondary N) is 1. The first kappa shape index (κ1) is 22.5. The highest BCUT2D eigenvalue weighted by atomic mass is 35.5. The molecule has 0 fully saturated rings. The molecule has 0 saturated heterocycles. The van der Waals surface area contributed by atoms with Gasteiger partial charge >= 0.3 is 0 Å². The molecule has 0 spiro atoms. The Kier molecular flexibility index (Phi) is 7.66. The fourth-order valence-corrected chi connectivity index (χ4v) is 5.61. The molecule has 0 atom stereocenters. The number of sulfonamides is 1. The summed E-state index contributed by atoms with van der Waals surface area (Å²) >= 11 is 13.6. The first-order valence-corrected chi connectivity index (χ1v) is 12.1. The third-order valence-electron chi connectivity index (χ3n) is 4.17. The molecule has 0 saturated carbocycles. The van der Waals surface area contributed by atoms with Crippen LogP contribution in [0.1, 0.15) is 11.1 Å². The molecule has 5 nitrogen and oxygen atoms in total. The number of para-hydroxylation sites is 1. The van der Waals surface area contributed by atoms with Gasteiger partial charge in [0.2, 0.25) is 0 Å². The molecule has 0 aliphatic carbocycles. The van der Waals surface area contributed by atoms with Crippen molar-refractivity contribution in [2.75, 3.05) is 10.5 Å². The van der Waals surface area contributed by atoms with E-state index in [1.54, 1.807) is 36.2 Å². The molecule has 3 rings (SSSR count). The Bertz CT molecular complexity index is 1150. The lowest BCUT2D eigenvalue weighted by Gasteiger charge is -2.13. The summed E-state index contributed by atoms with van der Waals surface area (Å²) in [7, 11) is -3.88. The van der Waals surface area contributed by atoms with Gasteiger partial charge in [0.25, 0.3) is 10.0 Å². The van der Waals surface area contributed by atoms with Crippen LogP contribution in [0.5, 0.6) is 0 Å². The largest absolute Gasteiger partial charge is 0.323 e. The number of hydrazone groups is 1. The van der Waals surface area contributed by atoms with Crippen LogP contribution in [0.2, 0.25) is 10.0 Å². The monoisotopic (exact) mass is 479 g/mol. The molecule has 0 aliphatic heterocycles. The van der Waals surface area contributed by atoms with Crippen molar-refractivity contribution >= 4 is 56.9 Å². The van der Waals surface area contributed by atoms with E-state index in [9.17, 15) is 8.42 Å². The highest BCUT2D eigenvalue weighted by Gasteiger charge is 2.20. The van der Waals surface area contributed by atoms with Gasteiger partial charge in [0.05, 0.1) is 16.9 Å². The number of hydrogen-bond acceptors (Lipinski definition) is 5. The molecule has 9 heteroatoms. The van der Waals surface area contributed by atoms with E-state index in [0.29, 0.717) is 10.7 Å². The number of halogens is 2. The number of thioether (sulfide) groups is 1. The number of anilines is 1. The lowest BCUT2D eigenvalue weighted by molar-refractivity contribution is 0.601. The van der Waals surface area contributed by atoms with Gasteiger partial charge in [-0.15, -0.1) is 11.8 Å². The van der Waals surface area contributed by atoms with Gasteiger partial charge in [-0.3, -0.25) is 4.72 Å². The van der Waals surface area contributed by atoms with Crippen molar-refractivity contribution < 1.29 is 8.42 Å². The summed E-state index contributed by atoms with van der Waals surface area (Å²) in [6.07, 6.45) is 2.42. The van der Waals surface area contributed by atoms with Crippen LogP contribution in [0, 0.1) is 0 Å². The van der Waals surface area contributed by atoms with Gasteiger partial charge in [-0.05, 0) is 47.9 Å². The van der Waals surface area contributed by atoms with E-state index in [-0.39, 0.29) is 9.92 Å². The highest BCUT2D eigenvalue weighted by Crippen LogP contribution is 2.32. The van der Waals surface area contributed by atoms with Crippen molar-refractivity contribution in [1.82, 2.24) is 0 Å². The molecule has 3 aromatic carbocycles. The Morgan fingerprint density at radius 2 is 1.77 bits per heavy atom. The first-order valence-electron chi connectivity index (χ1n) is 8.91.